The van der Waals surface area contributed by atoms with Gasteiger partial charge in [-0.25, -0.2) is 0 Å². The lowest BCUT2D eigenvalue weighted by Crippen LogP contribution is -2.18. The topological polar surface area (TPSA) is 64.9 Å². The largest absolute Gasteiger partial charge is 0.330 e. The zero-order chi connectivity index (χ0) is 12.5. The zero-order valence-electron chi connectivity index (χ0n) is 10.5. The van der Waals surface area contributed by atoms with Crippen LogP contribution in [0.3, 0.4) is 0 Å². The summed E-state index contributed by atoms with van der Waals surface area (Å²) in [4.78, 5) is 4.77. The van der Waals surface area contributed by atoms with Gasteiger partial charge in [-0.15, -0.1) is 0 Å². The number of nitrogens with zero attached hydrogens (tertiary/aromatic N) is 1. The Labute approximate surface area is 107 Å². The first-order chi connectivity index (χ1) is 8.81. The van der Waals surface area contributed by atoms with Crippen molar-refractivity contribution in [3.05, 3.63) is 41.1 Å². The fourth-order valence-electron chi connectivity index (χ4n) is 3.00. The molecule has 3 heteroatoms. The van der Waals surface area contributed by atoms with Crippen LogP contribution in [0.1, 0.15) is 35.7 Å². The van der Waals surface area contributed by atoms with Crippen molar-refractivity contribution < 1.29 is 0 Å². The van der Waals surface area contributed by atoms with Crippen LogP contribution in [0.4, 0.5) is 0 Å². The van der Waals surface area contributed by atoms with E-state index >= 15 is 0 Å². The first-order valence-electron chi connectivity index (χ1n) is 6.67. The molecule has 1 aliphatic carbocycles. The van der Waals surface area contributed by atoms with Crippen LogP contribution in [-0.2, 0) is 12.8 Å². The van der Waals surface area contributed by atoms with Crippen molar-refractivity contribution in [2.45, 2.75) is 31.7 Å². The number of aromatic nitrogens is 1. The van der Waals surface area contributed by atoms with E-state index in [1.54, 1.807) is 0 Å². The Morgan fingerprint density at radius 1 is 1.22 bits per heavy atom. The number of nitrogens with two attached hydrogens (primary N) is 2. The molecular formula is C15H19N3. The summed E-state index contributed by atoms with van der Waals surface area (Å²) in [6.45, 7) is 0.632. The van der Waals surface area contributed by atoms with Gasteiger partial charge in [0.25, 0.3) is 0 Å². The van der Waals surface area contributed by atoms with Gasteiger partial charge in [0.15, 0.2) is 0 Å². The van der Waals surface area contributed by atoms with Gasteiger partial charge in [-0.3, -0.25) is 4.98 Å². The van der Waals surface area contributed by atoms with Gasteiger partial charge in [0.05, 0.1) is 5.52 Å². The molecule has 0 amide bonds. The van der Waals surface area contributed by atoms with Gasteiger partial charge in [-0.05, 0) is 49.4 Å². The summed E-state index contributed by atoms with van der Waals surface area (Å²) < 4.78 is 0. The van der Waals surface area contributed by atoms with Gasteiger partial charge in [0, 0.05) is 17.1 Å². The molecule has 4 N–H and O–H groups in total. The molecule has 2 aromatic rings. The SMILES string of the molecule is NCCC(N)c1c2c(nc3ccccc13)CCC2. The maximum atomic E-state index is 6.34. The van der Waals surface area contributed by atoms with Gasteiger partial charge in [0.2, 0.25) is 0 Å². The number of benzene rings is 1. The molecule has 0 saturated carbocycles. The molecule has 0 spiro atoms. The smallest absolute Gasteiger partial charge is 0.0708 e. The molecule has 0 saturated heterocycles. The monoisotopic (exact) mass is 241 g/mol. The van der Waals surface area contributed by atoms with Crippen LogP contribution in [0.15, 0.2) is 24.3 Å². The number of rotatable bonds is 3. The summed E-state index contributed by atoms with van der Waals surface area (Å²) >= 11 is 0. The first-order valence-corrected chi connectivity index (χ1v) is 6.67. The molecule has 1 aromatic carbocycles. The Morgan fingerprint density at radius 2 is 2.06 bits per heavy atom. The molecule has 18 heavy (non-hydrogen) atoms. The Bertz CT molecular complexity index is 577. The van der Waals surface area contributed by atoms with Crippen LogP contribution >= 0.6 is 0 Å². The number of hydrogen-bond acceptors (Lipinski definition) is 3. The molecule has 1 atom stereocenters. The molecule has 1 unspecified atom stereocenters. The summed E-state index contributed by atoms with van der Waals surface area (Å²) in [5.74, 6) is 0. The zero-order valence-corrected chi connectivity index (χ0v) is 10.5. The second kappa shape index (κ2) is 4.67. The van der Waals surface area contributed by atoms with Crippen LogP contribution in [0, 0.1) is 0 Å². The Morgan fingerprint density at radius 3 is 2.89 bits per heavy atom. The molecule has 0 fully saturated rings. The molecule has 0 aliphatic heterocycles. The van der Waals surface area contributed by atoms with Crippen molar-refractivity contribution in [1.29, 1.82) is 0 Å². The number of pyridine rings is 1. The Kier molecular flexibility index (Phi) is 3.02. The molecule has 94 valence electrons. The van der Waals surface area contributed by atoms with Crippen molar-refractivity contribution in [3.63, 3.8) is 0 Å². The van der Waals surface area contributed by atoms with Crippen LogP contribution in [0.5, 0.6) is 0 Å². The van der Waals surface area contributed by atoms with Crippen LogP contribution in [-0.4, -0.2) is 11.5 Å². The highest BCUT2D eigenvalue weighted by Gasteiger charge is 2.22. The molecular weight excluding hydrogens is 222 g/mol. The van der Waals surface area contributed by atoms with Crippen molar-refractivity contribution in [1.82, 2.24) is 4.98 Å². The minimum Gasteiger partial charge on any atom is -0.330 e. The van der Waals surface area contributed by atoms with Crippen molar-refractivity contribution in [2.24, 2.45) is 11.5 Å². The average Bonchev–Trinajstić information content (AvgIpc) is 2.83. The van der Waals surface area contributed by atoms with Gasteiger partial charge in [0.1, 0.15) is 0 Å². The van der Waals surface area contributed by atoms with Crippen molar-refractivity contribution in [2.75, 3.05) is 6.54 Å². The standard InChI is InChI=1S/C15H19N3/c16-9-8-12(17)15-10-4-1-2-6-13(10)18-14-7-3-5-11(14)15/h1-2,4,6,12H,3,5,7-9,16-17H2. The average molecular weight is 241 g/mol. The number of fused-ring (bicyclic) bond motifs is 2. The molecule has 0 radical (unpaired) electrons. The molecule has 1 aromatic heterocycles. The molecule has 0 bridgehead atoms. The number of hydrogen-bond donors (Lipinski definition) is 2. The molecule has 3 nitrogen and oxygen atoms in total. The third-order valence-corrected chi connectivity index (χ3v) is 3.81. The predicted octanol–water partition coefficient (Wildman–Crippen LogP) is 2.07. The molecule has 3 rings (SSSR count). The van der Waals surface area contributed by atoms with Gasteiger partial charge in [-0.1, -0.05) is 18.2 Å². The highest BCUT2D eigenvalue weighted by Crippen LogP contribution is 2.33. The van der Waals surface area contributed by atoms with Crippen LogP contribution in [0.25, 0.3) is 10.9 Å². The summed E-state index contributed by atoms with van der Waals surface area (Å²) in [5, 5.41) is 1.21. The lowest BCUT2D eigenvalue weighted by atomic mass is 9.94. The van der Waals surface area contributed by atoms with Crippen LogP contribution in [0.2, 0.25) is 0 Å². The minimum absolute atomic E-state index is 0.0368. The second-order valence-corrected chi connectivity index (χ2v) is 5.01. The van der Waals surface area contributed by atoms with Crippen molar-refractivity contribution in [3.8, 4) is 0 Å². The lowest BCUT2D eigenvalue weighted by Gasteiger charge is -2.18. The van der Waals surface area contributed by atoms with E-state index in [2.05, 4.69) is 18.2 Å². The Balaban J connectivity index is 2.25. The second-order valence-electron chi connectivity index (χ2n) is 5.01. The maximum absolute atomic E-state index is 6.34. The van der Waals surface area contributed by atoms with E-state index in [1.165, 1.54) is 28.6 Å². The van der Waals surface area contributed by atoms with Gasteiger partial charge < -0.3 is 11.5 Å². The van der Waals surface area contributed by atoms with E-state index in [0.29, 0.717) is 6.54 Å². The highest BCUT2D eigenvalue weighted by molar-refractivity contribution is 5.84. The van der Waals surface area contributed by atoms with E-state index in [9.17, 15) is 0 Å². The maximum Gasteiger partial charge on any atom is 0.0708 e. The summed E-state index contributed by atoms with van der Waals surface area (Å²) in [6.07, 6.45) is 4.23. The van der Waals surface area contributed by atoms with Crippen LogP contribution < -0.4 is 11.5 Å². The molecule has 1 heterocycles. The molecule has 1 aliphatic rings. The predicted molar refractivity (Wildman–Crippen MR) is 74.4 cm³/mol. The van der Waals surface area contributed by atoms with Crippen molar-refractivity contribution >= 4 is 10.9 Å². The minimum atomic E-state index is 0.0368. The normalized spacial score (nSPS) is 15.9. The fraction of sp³-hybridized carbons (Fsp3) is 0.400. The summed E-state index contributed by atoms with van der Waals surface area (Å²) in [7, 11) is 0. The highest BCUT2D eigenvalue weighted by atomic mass is 14.7. The fourth-order valence-corrected chi connectivity index (χ4v) is 3.00. The number of aryl methyl sites for hydroxylation is 1. The van der Waals surface area contributed by atoms with E-state index in [0.717, 1.165) is 24.8 Å². The van der Waals surface area contributed by atoms with E-state index in [1.807, 2.05) is 6.07 Å². The van der Waals surface area contributed by atoms with Gasteiger partial charge in [-0.2, -0.15) is 0 Å². The van der Waals surface area contributed by atoms with E-state index < -0.39 is 0 Å². The van der Waals surface area contributed by atoms with E-state index in [-0.39, 0.29) is 6.04 Å². The number of para-hydroxylation sites is 1. The quantitative estimate of drug-likeness (QED) is 0.864. The van der Waals surface area contributed by atoms with E-state index in [4.69, 9.17) is 16.5 Å². The third-order valence-electron chi connectivity index (χ3n) is 3.81. The first kappa shape index (κ1) is 11.6. The van der Waals surface area contributed by atoms with Gasteiger partial charge >= 0.3 is 0 Å². The third kappa shape index (κ3) is 1.80. The summed E-state index contributed by atoms with van der Waals surface area (Å²) in [6, 6.07) is 8.34. The lowest BCUT2D eigenvalue weighted by molar-refractivity contribution is 0.659. The summed E-state index contributed by atoms with van der Waals surface area (Å²) in [5.41, 5.74) is 17.0. The Hall–Kier alpha value is -1.45.